The predicted molar refractivity (Wildman–Crippen MR) is 87.9 cm³/mol. The van der Waals surface area contributed by atoms with E-state index in [-0.39, 0.29) is 17.5 Å². The highest BCUT2D eigenvalue weighted by Crippen LogP contribution is 2.39. The minimum absolute atomic E-state index is 0.0506. The first kappa shape index (κ1) is 13.8. The van der Waals surface area contributed by atoms with Gasteiger partial charge in [0.1, 0.15) is 0 Å². The molecule has 0 radical (unpaired) electrons. The van der Waals surface area contributed by atoms with Crippen LogP contribution < -0.4 is 5.32 Å². The third kappa shape index (κ3) is 2.05. The number of nitrogens with one attached hydrogen (secondary N) is 2. The van der Waals surface area contributed by atoms with Gasteiger partial charge in [0.15, 0.2) is 0 Å². The average molecular weight is 297 g/mol. The zero-order chi connectivity index (χ0) is 15.3. The normalized spacial score (nSPS) is 29.6. The van der Waals surface area contributed by atoms with E-state index in [9.17, 15) is 4.79 Å². The Kier molecular flexibility index (Phi) is 3.05. The highest BCUT2D eigenvalue weighted by Gasteiger charge is 2.48. The topological polar surface area (TPSA) is 48.1 Å². The molecule has 3 aliphatic rings. The maximum Gasteiger partial charge on any atom is 0.251 e. The van der Waals surface area contributed by atoms with E-state index in [1.54, 1.807) is 0 Å². The minimum Gasteiger partial charge on any atom is -0.361 e. The number of rotatable bonds is 2. The first-order valence-electron chi connectivity index (χ1n) is 8.19. The number of benzene rings is 1. The van der Waals surface area contributed by atoms with Crippen LogP contribution in [0.4, 0.5) is 0 Å². The van der Waals surface area contributed by atoms with E-state index in [4.69, 9.17) is 0 Å². The van der Waals surface area contributed by atoms with E-state index in [0.717, 1.165) is 16.5 Å². The van der Waals surface area contributed by atoms with Gasteiger partial charge in [-0.2, -0.15) is 0 Å². The Morgan fingerprint density at radius 3 is 2.77 bits per heavy atom. The number of amides is 1. The summed E-state index contributed by atoms with van der Waals surface area (Å²) in [7, 11) is 0. The van der Waals surface area contributed by atoms with Gasteiger partial charge >= 0.3 is 0 Å². The van der Waals surface area contributed by atoms with Crippen LogP contribution in [0.5, 0.6) is 0 Å². The maximum absolute atomic E-state index is 12.7. The summed E-state index contributed by atoms with van der Waals surface area (Å²) in [5, 5.41) is 4.41. The SMILES string of the molecule is CC1(C)[C@H](NC(=O)c2ccc3[nH]ccc3c2)C2CCN1CC2. The Morgan fingerprint density at radius 1 is 1.27 bits per heavy atom. The first-order valence-corrected chi connectivity index (χ1v) is 8.19. The van der Waals surface area contributed by atoms with E-state index in [0.29, 0.717) is 5.92 Å². The Balaban J connectivity index is 1.58. The van der Waals surface area contributed by atoms with Crippen LogP contribution in [0.25, 0.3) is 10.9 Å². The molecule has 116 valence electrons. The van der Waals surface area contributed by atoms with Gasteiger partial charge in [0.05, 0.1) is 0 Å². The third-order valence-electron chi connectivity index (χ3n) is 5.69. The molecule has 1 atom stereocenters. The van der Waals surface area contributed by atoms with Gasteiger partial charge in [-0.25, -0.2) is 0 Å². The molecule has 3 aliphatic heterocycles. The lowest BCUT2D eigenvalue weighted by Crippen LogP contribution is -2.69. The van der Waals surface area contributed by atoms with Crippen molar-refractivity contribution in [3.05, 3.63) is 36.0 Å². The summed E-state index contributed by atoms with van der Waals surface area (Å²) >= 11 is 0. The molecule has 0 saturated carbocycles. The largest absolute Gasteiger partial charge is 0.361 e. The second-order valence-corrected chi connectivity index (χ2v) is 7.21. The van der Waals surface area contributed by atoms with Gasteiger partial charge in [-0.3, -0.25) is 9.69 Å². The zero-order valence-corrected chi connectivity index (χ0v) is 13.2. The molecule has 4 heteroatoms. The summed E-state index contributed by atoms with van der Waals surface area (Å²) in [6.45, 7) is 6.86. The van der Waals surface area contributed by atoms with E-state index < -0.39 is 0 Å². The number of H-pyrrole nitrogens is 1. The number of hydrogen-bond acceptors (Lipinski definition) is 2. The van der Waals surface area contributed by atoms with E-state index in [1.807, 2.05) is 30.5 Å². The molecule has 1 aromatic heterocycles. The van der Waals surface area contributed by atoms with Crippen LogP contribution in [0.15, 0.2) is 30.5 Å². The number of nitrogens with zero attached hydrogens (tertiary/aromatic N) is 1. The van der Waals surface area contributed by atoms with E-state index in [2.05, 4.69) is 29.0 Å². The average Bonchev–Trinajstić information content (AvgIpc) is 2.98. The Bertz CT molecular complexity index is 710. The number of aromatic nitrogens is 1. The summed E-state index contributed by atoms with van der Waals surface area (Å²) in [6, 6.07) is 8.10. The van der Waals surface area contributed by atoms with Crippen molar-refractivity contribution in [2.45, 2.75) is 38.3 Å². The summed E-state index contributed by atoms with van der Waals surface area (Å²) < 4.78 is 0. The van der Waals surface area contributed by atoms with Crippen LogP contribution in [-0.4, -0.2) is 40.5 Å². The lowest BCUT2D eigenvalue weighted by atomic mass is 9.72. The second kappa shape index (κ2) is 4.85. The molecule has 0 spiro atoms. The molecule has 2 N–H and O–H groups in total. The van der Waals surface area contributed by atoms with Gasteiger partial charge in [-0.1, -0.05) is 0 Å². The fraction of sp³-hybridized carbons (Fsp3) is 0.500. The summed E-state index contributed by atoms with van der Waals surface area (Å²) in [4.78, 5) is 18.4. The van der Waals surface area contributed by atoms with Crippen LogP contribution in [0, 0.1) is 5.92 Å². The number of fused-ring (bicyclic) bond motifs is 4. The van der Waals surface area contributed by atoms with E-state index >= 15 is 0 Å². The number of carbonyl (C=O) groups is 1. The molecule has 4 heterocycles. The fourth-order valence-corrected chi connectivity index (χ4v) is 4.30. The van der Waals surface area contributed by atoms with E-state index in [1.165, 1.54) is 25.9 Å². The maximum atomic E-state index is 12.7. The minimum atomic E-state index is 0.0506. The van der Waals surface area contributed by atoms with Crippen molar-refractivity contribution in [3.8, 4) is 0 Å². The summed E-state index contributed by atoms with van der Waals surface area (Å²) in [5.41, 5.74) is 1.87. The van der Waals surface area contributed by atoms with Crippen molar-refractivity contribution in [1.29, 1.82) is 0 Å². The molecule has 3 saturated heterocycles. The van der Waals surface area contributed by atoms with Crippen LogP contribution in [0.2, 0.25) is 0 Å². The second-order valence-electron chi connectivity index (χ2n) is 7.21. The van der Waals surface area contributed by atoms with Gasteiger partial charge in [0.25, 0.3) is 5.91 Å². The number of piperidine rings is 3. The Morgan fingerprint density at radius 2 is 2.05 bits per heavy atom. The van der Waals surface area contributed by atoms with Crippen molar-refractivity contribution < 1.29 is 4.79 Å². The molecular formula is C18H23N3O. The van der Waals surface area contributed by atoms with Gasteiger partial charge in [0, 0.05) is 34.2 Å². The molecule has 3 fully saturated rings. The molecule has 22 heavy (non-hydrogen) atoms. The molecule has 1 amide bonds. The van der Waals surface area contributed by atoms with Crippen LogP contribution in [-0.2, 0) is 0 Å². The molecule has 0 aliphatic carbocycles. The van der Waals surface area contributed by atoms with Gasteiger partial charge < -0.3 is 10.3 Å². The quantitative estimate of drug-likeness (QED) is 0.895. The van der Waals surface area contributed by atoms with Gasteiger partial charge in [-0.15, -0.1) is 0 Å². The van der Waals surface area contributed by atoms with Gasteiger partial charge in [0.2, 0.25) is 0 Å². The Labute approximate surface area is 130 Å². The highest BCUT2D eigenvalue weighted by molar-refractivity contribution is 5.98. The molecule has 5 rings (SSSR count). The first-order chi connectivity index (χ1) is 10.6. The van der Waals surface area contributed by atoms with Crippen LogP contribution in [0.1, 0.15) is 37.0 Å². The standard InChI is InChI=1S/C18H23N3O/c1-18(2)16(12-6-9-21(18)10-7-12)20-17(22)14-3-4-15-13(11-14)5-8-19-15/h3-5,8,11-12,16,19H,6-7,9-10H2,1-2H3,(H,20,22)/t16-/m1/s1. The van der Waals surface area contributed by atoms with Crippen LogP contribution in [0.3, 0.4) is 0 Å². The third-order valence-corrected chi connectivity index (χ3v) is 5.69. The van der Waals surface area contributed by atoms with Crippen molar-refractivity contribution >= 4 is 16.8 Å². The summed E-state index contributed by atoms with van der Waals surface area (Å²) in [5.74, 6) is 0.662. The number of carbonyl (C=O) groups excluding carboxylic acids is 1. The van der Waals surface area contributed by atoms with Crippen LogP contribution >= 0.6 is 0 Å². The number of aromatic amines is 1. The Hall–Kier alpha value is -1.81. The molecule has 2 bridgehead atoms. The molecule has 4 nitrogen and oxygen atoms in total. The van der Waals surface area contributed by atoms with Gasteiger partial charge in [-0.05, 0) is 70.0 Å². The highest BCUT2D eigenvalue weighted by atomic mass is 16.1. The lowest BCUT2D eigenvalue weighted by molar-refractivity contribution is -0.0378. The molecular weight excluding hydrogens is 274 g/mol. The number of hydrogen-bond donors (Lipinski definition) is 2. The zero-order valence-electron chi connectivity index (χ0n) is 13.2. The molecule has 1 aromatic carbocycles. The van der Waals surface area contributed by atoms with Crippen molar-refractivity contribution in [2.75, 3.05) is 13.1 Å². The molecule has 2 aromatic rings. The smallest absolute Gasteiger partial charge is 0.251 e. The predicted octanol–water partition coefficient (Wildman–Crippen LogP) is 2.77. The van der Waals surface area contributed by atoms with Crippen molar-refractivity contribution in [3.63, 3.8) is 0 Å². The van der Waals surface area contributed by atoms with Crippen molar-refractivity contribution in [1.82, 2.24) is 15.2 Å². The molecule has 0 unspecified atom stereocenters. The fourth-order valence-electron chi connectivity index (χ4n) is 4.30. The summed E-state index contributed by atoms with van der Waals surface area (Å²) in [6.07, 6.45) is 4.30. The monoisotopic (exact) mass is 297 g/mol. The van der Waals surface area contributed by atoms with Crippen molar-refractivity contribution in [2.24, 2.45) is 5.92 Å². The lowest BCUT2D eigenvalue weighted by Gasteiger charge is -2.56.